The Kier molecular flexibility index (Phi) is 7.37. The fraction of sp³-hybridized carbons (Fsp3) is 0.478. The van der Waals surface area contributed by atoms with Gasteiger partial charge in [0.15, 0.2) is 0 Å². The number of carbonyl (C=O) groups is 2. The number of urea groups is 1. The first-order valence-electron chi connectivity index (χ1n) is 10.4. The van der Waals surface area contributed by atoms with Gasteiger partial charge in [-0.1, -0.05) is 25.5 Å². The van der Waals surface area contributed by atoms with E-state index < -0.39 is 0 Å². The van der Waals surface area contributed by atoms with Gasteiger partial charge >= 0.3 is 6.03 Å². The molecular formula is C23H31N3O3S. The van der Waals surface area contributed by atoms with Crippen LogP contribution < -0.4 is 4.74 Å². The van der Waals surface area contributed by atoms with E-state index >= 15 is 0 Å². The van der Waals surface area contributed by atoms with Crippen LogP contribution in [-0.2, 0) is 11.2 Å². The lowest BCUT2D eigenvalue weighted by atomic mass is 9.93. The first-order chi connectivity index (χ1) is 14.5. The second kappa shape index (κ2) is 9.98. The summed E-state index contributed by atoms with van der Waals surface area (Å²) in [6.07, 6.45) is 2.70. The van der Waals surface area contributed by atoms with Crippen LogP contribution in [0.4, 0.5) is 4.79 Å². The Bertz CT molecular complexity index is 863. The third-order valence-corrected chi connectivity index (χ3v) is 6.48. The zero-order chi connectivity index (χ0) is 21.7. The number of unbranched alkanes of at least 4 members (excludes halogenated alkanes) is 1. The molecule has 1 aliphatic heterocycles. The Morgan fingerprint density at radius 3 is 2.57 bits per heavy atom. The van der Waals surface area contributed by atoms with E-state index in [1.165, 1.54) is 15.3 Å². The zero-order valence-corrected chi connectivity index (χ0v) is 19.1. The van der Waals surface area contributed by atoms with Crippen molar-refractivity contribution < 1.29 is 14.3 Å². The second-order valence-corrected chi connectivity index (χ2v) is 8.76. The van der Waals surface area contributed by atoms with Gasteiger partial charge in [-0.25, -0.2) is 4.79 Å². The normalized spacial score (nSPS) is 15.5. The van der Waals surface area contributed by atoms with Crippen molar-refractivity contribution in [2.75, 3.05) is 40.8 Å². The predicted molar refractivity (Wildman–Crippen MR) is 120 cm³/mol. The summed E-state index contributed by atoms with van der Waals surface area (Å²) in [7, 11) is 5.10. The van der Waals surface area contributed by atoms with Crippen LogP contribution >= 0.6 is 11.3 Å². The molecule has 30 heavy (non-hydrogen) atoms. The molecule has 1 atom stereocenters. The smallest absolute Gasteiger partial charge is 0.319 e. The molecule has 162 valence electrons. The highest BCUT2D eigenvalue weighted by molar-refractivity contribution is 7.10. The molecule has 2 aromatic rings. The van der Waals surface area contributed by atoms with Gasteiger partial charge in [-0.15, -0.1) is 11.3 Å². The van der Waals surface area contributed by atoms with Gasteiger partial charge in [-0.2, -0.15) is 0 Å². The largest absolute Gasteiger partial charge is 0.497 e. The number of methoxy groups -OCH3 is 1. The van der Waals surface area contributed by atoms with Gasteiger partial charge < -0.3 is 19.4 Å². The van der Waals surface area contributed by atoms with Gasteiger partial charge in [0.2, 0.25) is 5.91 Å². The molecule has 0 bridgehead atoms. The van der Waals surface area contributed by atoms with Crippen molar-refractivity contribution in [3.8, 4) is 5.75 Å². The number of amides is 3. The van der Waals surface area contributed by atoms with Gasteiger partial charge in [0, 0.05) is 32.1 Å². The summed E-state index contributed by atoms with van der Waals surface area (Å²) in [4.78, 5) is 32.5. The van der Waals surface area contributed by atoms with Crippen molar-refractivity contribution in [3.05, 3.63) is 51.7 Å². The minimum Gasteiger partial charge on any atom is -0.497 e. The quantitative estimate of drug-likeness (QED) is 0.668. The lowest BCUT2D eigenvalue weighted by molar-refractivity contribution is -0.134. The molecule has 0 saturated carbocycles. The van der Waals surface area contributed by atoms with Crippen LogP contribution in [0.15, 0.2) is 35.7 Å². The highest BCUT2D eigenvalue weighted by atomic mass is 32.1. The number of benzene rings is 1. The molecule has 3 amide bonds. The van der Waals surface area contributed by atoms with E-state index in [1.807, 2.05) is 29.2 Å². The maximum absolute atomic E-state index is 13.4. The third kappa shape index (κ3) is 4.78. The van der Waals surface area contributed by atoms with Crippen LogP contribution in [-0.4, -0.2) is 67.5 Å². The first kappa shape index (κ1) is 22.2. The van der Waals surface area contributed by atoms with Crippen molar-refractivity contribution in [1.82, 2.24) is 14.7 Å². The summed E-state index contributed by atoms with van der Waals surface area (Å²) in [6, 6.07) is 9.77. The van der Waals surface area contributed by atoms with Crippen LogP contribution in [0.5, 0.6) is 5.75 Å². The van der Waals surface area contributed by atoms with Crippen LogP contribution in [0, 0.1) is 0 Å². The maximum atomic E-state index is 13.4. The number of fused-ring (bicyclic) bond motifs is 1. The van der Waals surface area contributed by atoms with Crippen LogP contribution in [0.25, 0.3) is 0 Å². The molecule has 2 heterocycles. The van der Waals surface area contributed by atoms with Crippen LogP contribution in [0.2, 0.25) is 0 Å². The highest BCUT2D eigenvalue weighted by Crippen LogP contribution is 2.38. The van der Waals surface area contributed by atoms with E-state index in [0.717, 1.165) is 30.6 Å². The molecule has 1 aliphatic rings. The van der Waals surface area contributed by atoms with E-state index in [0.29, 0.717) is 13.1 Å². The number of carbonyl (C=O) groups excluding carboxylic acids is 2. The lowest BCUT2D eigenvalue weighted by Gasteiger charge is -2.38. The second-order valence-electron chi connectivity index (χ2n) is 7.76. The van der Waals surface area contributed by atoms with Gasteiger partial charge in [-0.05, 0) is 47.5 Å². The minimum atomic E-state index is -0.138. The number of thiophene rings is 1. The Labute approximate surface area is 183 Å². The lowest BCUT2D eigenvalue weighted by Crippen LogP contribution is -2.49. The highest BCUT2D eigenvalue weighted by Gasteiger charge is 2.34. The van der Waals surface area contributed by atoms with Crippen LogP contribution in [0.3, 0.4) is 0 Å². The average Bonchev–Trinajstić information content (AvgIpc) is 3.24. The van der Waals surface area contributed by atoms with Gasteiger partial charge in [-0.3, -0.25) is 4.79 Å². The fourth-order valence-corrected chi connectivity index (χ4v) is 4.76. The SMILES string of the molecule is CCCCN(CC(=O)N1CCc2sccc2[C@H]1c1ccc(OC)cc1)C(=O)N(C)C. The minimum absolute atomic E-state index is 0.0148. The first-order valence-corrected chi connectivity index (χ1v) is 11.3. The van der Waals surface area contributed by atoms with Crippen molar-refractivity contribution in [3.63, 3.8) is 0 Å². The molecule has 1 aromatic carbocycles. The Hall–Kier alpha value is -2.54. The molecule has 1 aromatic heterocycles. The van der Waals surface area contributed by atoms with E-state index in [9.17, 15) is 9.59 Å². The number of nitrogens with zero attached hydrogens (tertiary/aromatic N) is 3. The van der Waals surface area contributed by atoms with Crippen molar-refractivity contribution in [1.29, 1.82) is 0 Å². The monoisotopic (exact) mass is 429 g/mol. The topological polar surface area (TPSA) is 53.1 Å². The molecular weight excluding hydrogens is 398 g/mol. The Balaban J connectivity index is 1.87. The molecule has 0 N–H and O–H groups in total. The van der Waals surface area contributed by atoms with Gasteiger partial charge in [0.1, 0.15) is 12.3 Å². The number of hydrogen-bond acceptors (Lipinski definition) is 4. The van der Waals surface area contributed by atoms with E-state index in [-0.39, 0.29) is 24.5 Å². The van der Waals surface area contributed by atoms with Crippen LogP contribution in [0.1, 0.15) is 41.8 Å². The molecule has 0 unspecified atom stereocenters. The van der Waals surface area contributed by atoms with Gasteiger partial charge in [0.05, 0.1) is 13.2 Å². The summed E-state index contributed by atoms with van der Waals surface area (Å²) >= 11 is 1.75. The zero-order valence-electron chi connectivity index (χ0n) is 18.3. The summed E-state index contributed by atoms with van der Waals surface area (Å²) in [6.45, 7) is 3.43. The van der Waals surface area contributed by atoms with E-state index in [4.69, 9.17) is 4.74 Å². The van der Waals surface area contributed by atoms with Crippen molar-refractivity contribution >= 4 is 23.3 Å². The molecule has 0 aliphatic carbocycles. The molecule has 6 nitrogen and oxygen atoms in total. The summed E-state index contributed by atoms with van der Waals surface area (Å²) in [5.74, 6) is 0.777. The third-order valence-electron chi connectivity index (χ3n) is 5.48. The van der Waals surface area contributed by atoms with Crippen molar-refractivity contribution in [2.45, 2.75) is 32.2 Å². The Morgan fingerprint density at radius 1 is 1.20 bits per heavy atom. The predicted octanol–water partition coefficient (Wildman–Crippen LogP) is 4.01. The number of hydrogen-bond donors (Lipinski definition) is 0. The van der Waals surface area contributed by atoms with Gasteiger partial charge in [0.25, 0.3) is 0 Å². The molecule has 7 heteroatoms. The van der Waals surface area contributed by atoms with Crippen molar-refractivity contribution in [2.24, 2.45) is 0 Å². The molecule has 0 fully saturated rings. The fourth-order valence-electron chi connectivity index (χ4n) is 3.86. The standard InChI is InChI=1S/C23H31N3O3S/c1-5-6-13-25(23(28)24(2)3)16-21(27)26-14-11-20-19(12-15-30-20)22(26)17-7-9-18(29-4)10-8-17/h7-10,12,15,22H,5-6,11,13-14,16H2,1-4H3/t22-/m1/s1. The number of ether oxygens (including phenoxy) is 1. The average molecular weight is 430 g/mol. The number of rotatable bonds is 7. The Morgan fingerprint density at radius 2 is 1.93 bits per heavy atom. The molecule has 0 spiro atoms. The molecule has 0 saturated heterocycles. The van der Waals surface area contributed by atoms with E-state index in [2.05, 4.69) is 18.4 Å². The molecule has 0 radical (unpaired) electrons. The summed E-state index contributed by atoms with van der Waals surface area (Å²) in [5.41, 5.74) is 2.24. The maximum Gasteiger partial charge on any atom is 0.319 e. The molecule has 3 rings (SSSR count). The summed E-state index contributed by atoms with van der Waals surface area (Å²) in [5, 5.41) is 2.10. The van der Waals surface area contributed by atoms with E-state index in [1.54, 1.807) is 37.4 Å². The summed E-state index contributed by atoms with van der Waals surface area (Å²) < 4.78 is 5.30.